The lowest BCUT2D eigenvalue weighted by molar-refractivity contribution is 0.202. The van der Waals surface area contributed by atoms with Gasteiger partial charge in [0.15, 0.2) is 0 Å². The largest absolute Gasteiger partial charge is 0.384 e. The van der Waals surface area contributed by atoms with E-state index in [9.17, 15) is 0 Å². The summed E-state index contributed by atoms with van der Waals surface area (Å²) in [6.07, 6.45) is 0.828. The molecule has 0 spiro atoms. The fourth-order valence-electron chi connectivity index (χ4n) is 0.661. The zero-order chi connectivity index (χ0) is 8.10. The summed E-state index contributed by atoms with van der Waals surface area (Å²) in [6.45, 7) is 1.17. The molecule has 5 heteroatoms. The van der Waals surface area contributed by atoms with Gasteiger partial charge in [-0.25, -0.2) is 0 Å². The molecule has 11 heavy (non-hydrogen) atoms. The van der Waals surface area contributed by atoms with E-state index in [1.54, 1.807) is 18.4 Å². The fourth-order valence-corrected chi connectivity index (χ4v) is 1.37. The first kappa shape index (κ1) is 8.58. The zero-order valence-corrected chi connectivity index (χ0v) is 7.23. The van der Waals surface area contributed by atoms with Gasteiger partial charge in [0.2, 0.25) is 0 Å². The van der Waals surface area contributed by atoms with Gasteiger partial charge in [0.25, 0.3) is 0 Å². The SMILES string of the molecule is COCCc1nnc(CN)s1. The monoisotopic (exact) mass is 173 g/mol. The molecule has 0 unspecified atom stereocenters. The van der Waals surface area contributed by atoms with E-state index in [0.717, 1.165) is 16.4 Å². The van der Waals surface area contributed by atoms with Gasteiger partial charge in [0.05, 0.1) is 6.61 Å². The van der Waals surface area contributed by atoms with Crippen molar-refractivity contribution in [1.82, 2.24) is 10.2 Å². The standard InChI is InChI=1S/C6H11N3OS/c1-10-3-2-5-8-9-6(4-7)11-5/h2-4,7H2,1H3. The average Bonchev–Trinajstić information content (AvgIpc) is 2.48. The van der Waals surface area contributed by atoms with Crippen LogP contribution in [0.5, 0.6) is 0 Å². The van der Waals surface area contributed by atoms with Gasteiger partial charge < -0.3 is 10.5 Å². The van der Waals surface area contributed by atoms with Gasteiger partial charge in [-0.15, -0.1) is 21.5 Å². The van der Waals surface area contributed by atoms with E-state index >= 15 is 0 Å². The molecule has 0 radical (unpaired) electrons. The number of ether oxygens (including phenoxy) is 1. The summed E-state index contributed by atoms with van der Waals surface area (Å²) in [5, 5.41) is 9.69. The van der Waals surface area contributed by atoms with E-state index < -0.39 is 0 Å². The second-order valence-corrected chi connectivity index (χ2v) is 3.18. The van der Waals surface area contributed by atoms with Crippen molar-refractivity contribution < 1.29 is 4.74 Å². The molecule has 0 amide bonds. The topological polar surface area (TPSA) is 61.0 Å². The maximum Gasteiger partial charge on any atom is 0.131 e. The fraction of sp³-hybridized carbons (Fsp3) is 0.667. The first-order valence-corrected chi connectivity index (χ1v) is 4.18. The van der Waals surface area contributed by atoms with Crippen LogP contribution in [0.25, 0.3) is 0 Å². The Bertz CT molecular complexity index is 213. The van der Waals surface area contributed by atoms with Crippen molar-refractivity contribution in [3.63, 3.8) is 0 Å². The lowest BCUT2D eigenvalue weighted by Gasteiger charge is -1.90. The normalized spacial score (nSPS) is 10.4. The summed E-state index contributed by atoms with van der Waals surface area (Å²) >= 11 is 1.55. The molecular formula is C6H11N3OS. The highest BCUT2D eigenvalue weighted by atomic mass is 32.1. The van der Waals surface area contributed by atoms with E-state index in [-0.39, 0.29) is 0 Å². The molecule has 1 aromatic rings. The van der Waals surface area contributed by atoms with E-state index in [1.807, 2.05) is 0 Å². The van der Waals surface area contributed by atoms with Crippen molar-refractivity contribution in [3.05, 3.63) is 10.0 Å². The number of nitrogens with two attached hydrogens (primary N) is 1. The molecule has 0 fully saturated rings. The summed E-state index contributed by atoms with van der Waals surface area (Å²) in [6, 6.07) is 0. The predicted octanol–water partition coefficient (Wildman–Crippen LogP) is 0.186. The summed E-state index contributed by atoms with van der Waals surface area (Å²) < 4.78 is 4.90. The second kappa shape index (κ2) is 4.38. The lowest BCUT2D eigenvalue weighted by Crippen LogP contribution is -1.94. The molecule has 0 aromatic carbocycles. The lowest BCUT2D eigenvalue weighted by atomic mass is 10.5. The molecular weight excluding hydrogens is 162 g/mol. The molecule has 62 valence electrons. The van der Waals surface area contributed by atoms with Crippen LogP contribution in [0.15, 0.2) is 0 Å². The molecule has 0 aliphatic heterocycles. The van der Waals surface area contributed by atoms with Crippen LogP contribution in [0.1, 0.15) is 10.0 Å². The number of hydrogen-bond acceptors (Lipinski definition) is 5. The van der Waals surface area contributed by atoms with Crippen LogP contribution in [-0.2, 0) is 17.7 Å². The summed E-state index contributed by atoms with van der Waals surface area (Å²) in [5.41, 5.74) is 5.37. The molecule has 2 N–H and O–H groups in total. The zero-order valence-electron chi connectivity index (χ0n) is 6.41. The minimum atomic E-state index is 0.477. The molecule has 1 aromatic heterocycles. The van der Waals surface area contributed by atoms with Crippen molar-refractivity contribution in [1.29, 1.82) is 0 Å². The van der Waals surface area contributed by atoms with Crippen LogP contribution < -0.4 is 5.73 Å². The summed E-state index contributed by atoms with van der Waals surface area (Å²) in [5.74, 6) is 0. The minimum Gasteiger partial charge on any atom is -0.384 e. The average molecular weight is 173 g/mol. The molecule has 0 atom stereocenters. The van der Waals surface area contributed by atoms with E-state index in [1.165, 1.54) is 0 Å². The van der Waals surface area contributed by atoms with Crippen molar-refractivity contribution >= 4 is 11.3 Å². The van der Waals surface area contributed by atoms with Gasteiger partial charge in [0, 0.05) is 20.1 Å². The first-order valence-electron chi connectivity index (χ1n) is 3.37. The summed E-state index contributed by atoms with van der Waals surface area (Å²) in [4.78, 5) is 0. The molecule has 4 nitrogen and oxygen atoms in total. The molecule has 1 heterocycles. The van der Waals surface area contributed by atoms with Gasteiger partial charge in [-0.1, -0.05) is 0 Å². The van der Waals surface area contributed by atoms with Crippen molar-refractivity contribution in [2.75, 3.05) is 13.7 Å². The molecule has 0 aliphatic carbocycles. The van der Waals surface area contributed by atoms with Gasteiger partial charge >= 0.3 is 0 Å². The number of hydrogen-bond donors (Lipinski definition) is 1. The Labute approximate surface area is 69.4 Å². The Balaban J connectivity index is 2.44. The molecule has 0 saturated carbocycles. The molecule has 0 bridgehead atoms. The van der Waals surface area contributed by atoms with E-state index in [2.05, 4.69) is 10.2 Å². The number of aromatic nitrogens is 2. The second-order valence-electron chi connectivity index (χ2n) is 2.04. The third-order valence-electron chi connectivity index (χ3n) is 1.20. The molecule has 1 rings (SSSR count). The van der Waals surface area contributed by atoms with Gasteiger partial charge in [-0.05, 0) is 0 Å². The quantitative estimate of drug-likeness (QED) is 0.706. The highest BCUT2D eigenvalue weighted by Crippen LogP contribution is 2.08. The van der Waals surface area contributed by atoms with Crippen molar-refractivity contribution in [2.45, 2.75) is 13.0 Å². The van der Waals surface area contributed by atoms with Gasteiger partial charge in [-0.2, -0.15) is 0 Å². The maximum absolute atomic E-state index is 5.37. The highest BCUT2D eigenvalue weighted by molar-refractivity contribution is 7.11. The Morgan fingerprint density at radius 2 is 2.18 bits per heavy atom. The number of rotatable bonds is 4. The number of methoxy groups -OCH3 is 1. The third-order valence-corrected chi connectivity index (χ3v) is 2.21. The number of nitrogens with zero attached hydrogens (tertiary/aromatic N) is 2. The van der Waals surface area contributed by atoms with Crippen LogP contribution in [0.4, 0.5) is 0 Å². The van der Waals surface area contributed by atoms with E-state index in [4.69, 9.17) is 10.5 Å². The molecule has 0 aliphatic rings. The van der Waals surface area contributed by atoms with Crippen LogP contribution in [-0.4, -0.2) is 23.9 Å². The smallest absolute Gasteiger partial charge is 0.131 e. The maximum atomic E-state index is 5.37. The Kier molecular flexibility index (Phi) is 3.41. The predicted molar refractivity (Wildman–Crippen MR) is 43.4 cm³/mol. The Morgan fingerprint density at radius 3 is 2.73 bits per heavy atom. The van der Waals surface area contributed by atoms with Crippen molar-refractivity contribution in [3.8, 4) is 0 Å². The Morgan fingerprint density at radius 1 is 1.45 bits per heavy atom. The van der Waals surface area contributed by atoms with Gasteiger partial charge in [0.1, 0.15) is 10.0 Å². The van der Waals surface area contributed by atoms with Crippen LogP contribution in [0.3, 0.4) is 0 Å². The third kappa shape index (κ3) is 2.53. The summed E-state index contributed by atoms with van der Waals surface area (Å²) in [7, 11) is 1.67. The van der Waals surface area contributed by atoms with Crippen molar-refractivity contribution in [2.24, 2.45) is 5.73 Å². The van der Waals surface area contributed by atoms with Crippen LogP contribution >= 0.6 is 11.3 Å². The van der Waals surface area contributed by atoms with Gasteiger partial charge in [-0.3, -0.25) is 0 Å². The minimum absolute atomic E-state index is 0.477. The molecule has 0 saturated heterocycles. The van der Waals surface area contributed by atoms with Crippen LogP contribution in [0.2, 0.25) is 0 Å². The first-order chi connectivity index (χ1) is 5.36. The Hall–Kier alpha value is -0.520. The highest BCUT2D eigenvalue weighted by Gasteiger charge is 2.00. The van der Waals surface area contributed by atoms with Crippen LogP contribution in [0, 0.1) is 0 Å². The van der Waals surface area contributed by atoms with E-state index in [0.29, 0.717) is 13.2 Å².